The number of benzene rings is 2. The summed E-state index contributed by atoms with van der Waals surface area (Å²) in [7, 11) is 0. The fourth-order valence-corrected chi connectivity index (χ4v) is 5.18. The number of hydrogen-bond donors (Lipinski definition) is 2. The highest BCUT2D eigenvalue weighted by Gasteiger charge is 2.48. The first-order valence-corrected chi connectivity index (χ1v) is 12.3. The largest absolute Gasteiger partial charge is 0.573 e. The molecule has 202 valence electrons. The van der Waals surface area contributed by atoms with E-state index in [4.69, 9.17) is 16.0 Å². The van der Waals surface area contributed by atoms with E-state index in [1.165, 1.54) is 17.0 Å². The maximum absolute atomic E-state index is 13.3. The zero-order chi connectivity index (χ0) is 27.5. The fraction of sp³-hybridized carbons (Fsp3) is 0.320. The van der Waals surface area contributed by atoms with Crippen molar-refractivity contribution in [1.29, 1.82) is 0 Å². The number of halogens is 4. The van der Waals surface area contributed by atoms with Gasteiger partial charge >= 0.3 is 12.4 Å². The number of imide groups is 1. The van der Waals surface area contributed by atoms with E-state index in [0.717, 1.165) is 17.7 Å². The number of carbonyl (C=O) groups is 3. The number of piperidine rings is 1. The van der Waals surface area contributed by atoms with E-state index >= 15 is 0 Å². The molecule has 14 heteroatoms. The molecule has 1 saturated carbocycles. The first-order chi connectivity index (χ1) is 18.5. The van der Waals surface area contributed by atoms with Gasteiger partial charge in [-0.05, 0) is 61.2 Å². The molecule has 0 spiro atoms. The minimum atomic E-state index is -4.80. The Balaban J connectivity index is 1.19. The molecule has 1 atom stereocenters. The molecule has 3 heterocycles. The Morgan fingerprint density at radius 3 is 2.54 bits per heavy atom. The lowest BCUT2D eigenvalue weighted by molar-refractivity contribution is -0.274. The molecule has 2 aromatic carbocycles. The topological polar surface area (TPSA) is 127 Å². The third kappa shape index (κ3) is 4.78. The Kier molecular flexibility index (Phi) is 5.79. The maximum Gasteiger partial charge on any atom is 0.573 e. The Labute approximate surface area is 223 Å². The molecule has 3 aromatic rings. The quantitative estimate of drug-likeness (QED) is 0.430. The van der Waals surface area contributed by atoms with Crippen molar-refractivity contribution in [3.63, 3.8) is 0 Å². The smallest absolute Gasteiger partial charge is 0.406 e. The van der Waals surface area contributed by atoms with Gasteiger partial charge in [-0.3, -0.25) is 19.7 Å². The van der Waals surface area contributed by atoms with Crippen molar-refractivity contribution in [3.05, 3.63) is 58.1 Å². The van der Waals surface area contributed by atoms with E-state index in [1.807, 2.05) is 0 Å². The third-order valence-electron chi connectivity index (χ3n) is 7.01. The first-order valence-electron chi connectivity index (χ1n) is 12.0. The Morgan fingerprint density at radius 1 is 1.13 bits per heavy atom. The second kappa shape index (κ2) is 8.97. The van der Waals surface area contributed by atoms with E-state index in [2.05, 4.69) is 25.6 Å². The molecule has 39 heavy (non-hydrogen) atoms. The van der Waals surface area contributed by atoms with Crippen LogP contribution in [0.3, 0.4) is 0 Å². The van der Waals surface area contributed by atoms with Crippen LogP contribution in [0.2, 0.25) is 5.02 Å². The zero-order valence-corrected chi connectivity index (χ0v) is 20.7. The van der Waals surface area contributed by atoms with Crippen molar-refractivity contribution in [2.75, 3.05) is 5.32 Å². The van der Waals surface area contributed by atoms with Crippen LogP contribution in [0.5, 0.6) is 5.75 Å². The van der Waals surface area contributed by atoms with Gasteiger partial charge in [-0.2, -0.15) is 0 Å². The highest BCUT2D eigenvalue weighted by Crippen LogP contribution is 2.50. The van der Waals surface area contributed by atoms with Gasteiger partial charge in [0, 0.05) is 34.7 Å². The lowest BCUT2D eigenvalue weighted by atomic mass is 9.99. The van der Waals surface area contributed by atoms with Crippen LogP contribution in [0.4, 0.5) is 19.2 Å². The standard InChI is InChI=1S/C25H19ClF3N5O5/c26-17-10-13(9-15-16(17)11-34(22(15)37)18-5-6-19(35)30-20(18)36)24(7-8-24)31-23-33-32-21(38-23)12-1-3-14(4-2-12)39-25(27,28)29/h1-4,9-10,18H,5-8,11H2,(H,31,33)(H,30,35,36). The number of aromatic nitrogens is 2. The van der Waals surface area contributed by atoms with Crippen LogP contribution in [0, 0.1) is 0 Å². The van der Waals surface area contributed by atoms with Crippen molar-refractivity contribution < 1.29 is 36.7 Å². The van der Waals surface area contributed by atoms with Crippen molar-refractivity contribution in [2.24, 2.45) is 0 Å². The highest BCUT2D eigenvalue weighted by atomic mass is 35.5. The number of alkyl halides is 3. The van der Waals surface area contributed by atoms with Crippen LogP contribution < -0.4 is 15.4 Å². The average Bonchev–Trinajstić information content (AvgIpc) is 3.37. The summed E-state index contributed by atoms with van der Waals surface area (Å²) in [6.07, 6.45) is -3.02. The zero-order valence-electron chi connectivity index (χ0n) is 20.0. The molecule has 2 aliphatic heterocycles. The van der Waals surface area contributed by atoms with Crippen molar-refractivity contribution in [1.82, 2.24) is 20.4 Å². The van der Waals surface area contributed by atoms with Gasteiger partial charge in [0.2, 0.25) is 17.7 Å². The summed E-state index contributed by atoms with van der Waals surface area (Å²) in [6.45, 7) is 0.166. The van der Waals surface area contributed by atoms with Crippen LogP contribution in [0.1, 0.15) is 47.2 Å². The van der Waals surface area contributed by atoms with E-state index in [-0.39, 0.29) is 48.9 Å². The number of rotatable bonds is 6. The van der Waals surface area contributed by atoms with E-state index in [0.29, 0.717) is 34.6 Å². The third-order valence-corrected chi connectivity index (χ3v) is 7.35. The van der Waals surface area contributed by atoms with Gasteiger partial charge in [0.15, 0.2) is 0 Å². The molecule has 1 aromatic heterocycles. The molecule has 3 aliphatic rings. The number of carbonyl (C=O) groups excluding carboxylic acids is 3. The van der Waals surface area contributed by atoms with Gasteiger partial charge in [0.25, 0.3) is 5.91 Å². The minimum absolute atomic E-state index is 0.0891. The van der Waals surface area contributed by atoms with E-state index in [1.54, 1.807) is 12.1 Å². The molecular formula is C25H19ClF3N5O5. The summed E-state index contributed by atoms with van der Waals surface area (Å²) in [4.78, 5) is 38.6. The fourth-order valence-electron chi connectivity index (χ4n) is 4.90. The summed E-state index contributed by atoms with van der Waals surface area (Å²) >= 11 is 6.58. The Morgan fingerprint density at radius 2 is 1.87 bits per heavy atom. The molecule has 10 nitrogen and oxygen atoms in total. The molecular weight excluding hydrogens is 543 g/mol. The van der Waals surface area contributed by atoms with E-state index in [9.17, 15) is 27.6 Å². The van der Waals surface area contributed by atoms with Gasteiger partial charge < -0.3 is 19.4 Å². The molecule has 0 bridgehead atoms. The molecule has 0 radical (unpaired) electrons. The minimum Gasteiger partial charge on any atom is -0.406 e. The predicted octanol–water partition coefficient (Wildman–Crippen LogP) is 4.15. The summed E-state index contributed by atoms with van der Waals surface area (Å²) in [5.41, 5.74) is 1.52. The lowest BCUT2D eigenvalue weighted by Crippen LogP contribution is -2.52. The summed E-state index contributed by atoms with van der Waals surface area (Å²) in [5.74, 6) is -1.48. The van der Waals surface area contributed by atoms with Gasteiger partial charge in [0.1, 0.15) is 11.8 Å². The second-order valence-electron chi connectivity index (χ2n) is 9.58. The summed E-state index contributed by atoms with van der Waals surface area (Å²) in [6, 6.07) is 7.86. The van der Waals surface area contributed by atoms with Crippen molar-refractivity contribution in [2.45, 2.75) is 50.2 Å². The Hall–Kier alpha value is -4.13. The van der Waals surface area contributed by atoms with Crippen LogP contribution >= 0.6 is 11.6 Å². The van der Waals surface area contributed by atoms with Gasteiger partial charge in [0.05, 0.1) is 5.54 Å². The second-order valence-corrected chi connectivity index (χ2v) is 9.98. The monoisotopic (exact) mass is 561 g/mol. The molecule has 6 rings (SSSR count). The van der Waals surface area contributed by atoms with Crippen LogP contribution in [-0.2, 0) is 21.7 Å². The molecule has 1 saturated heterocycles. The normalized spacial score (nSPS) is 20.1. The number of nitrogens with one attached hydrogen (secondary N) is 2. The number of fused-ring (bicyclic) bond motifs is 1. The maximum atomic E-state index is 13.3. The van der Waals surface area contributed by atoms with Gasteiger partial charge in [-0.1, -0.05) is 16.7 Å². The molecule has 1 aliphatic carbocycles. The van der Waals surface area contributed by atoms with Crippen LogP contribution in [0.15, 0.2) is 40.8 Å². The van der Waals surface area contributed by atoms with Gasteiger partial charge in [-0.15, -0.1) is 18.3 Å². The number of ether oxygens (including phenoxy) is 1. The molecule has 1 unspecified atom stereocenters. The number of nitrogens with zero attached hydrogens (tertiary/aromatic N) is 3. The van der Waals surface area contributed by atoms with E-state index < -0.39 is 23.9 Å². The summed E-state index contributed by atoms with van der Waals surface area (Å²) < 4.78 is 46.8. The van der Waals surface area contributed by atoms with Gasteiger partial charge in [-0.25, -0.2) is 0 Å². The number of amides is 3. The van der Waals surface area contributed by atoms with Crippen LogP contribution in [-0.4, -0.2) is 45.2 Å². The summed E-state index contributed by atoms with van der Waals surface area (Å²) in [5, 5.41) is 13.8. The number of anilines is 1. The molecule has 2 N–H and O–H groups in total. The lowest BCUT2D eigenvalue weighted by Gasteiger charge is -2.29. The average molecular weight is 562 g/mol. The van der Waals surface area contributed by atoms with Crippen LogP contribution in [0.25, 0.3) is 11.5 Å². The predicted molar refractivity (Wildman–Crippen MR) is 128 cm³/mol. The molecule has 3 amide bonds. The first kappa shape index (κ1) is 25.2. The number of hydrogen-bond acceptors (Lipinski definition) is 8. The Bertz CT molecular complexity index is 1500. The highest BCUT2D eigenvalue weighted by molar-refractivity contribution is 6.32. The SMILES string of the molecule is O=C1CCC(N2Cc3c(Cl)cc(C4(Nc5nnc(-c6ccc(OC(F)(F)F)cc6)o5)CC4)cc3C2=O)C(=O)N1. The van der Waals surface area contributed by atoms with Crippen molar-refractivity contribution >= 4 is 35.3 Å². The molecule has 2 fully saturated rings. The van der Waals surface area contributed by atoms with Crippen molar-refractivity contribution in [3.8, 4) is 17.2 Å².